The number of carbonyl (C=O) groups excluding carboxylic acids is 2. The molecule has 1 fully saturated rings. The van der Waals surface area contributed by atoms with Gasteiger partial charge in [-0.2, -0.15) is 0 Å². The van der Waals surface area contributed by atoms with Gasteiger partial charge in [-0.15, -0.1) is 0 Å². The summed E-state index contributed by atoms with van der Waals surface area (Å²) in [6, 6.07) is 13.5. The maximum absolute atomic E-state index is 12.5. The Bertz CT molecular complexity index is 1010. The van der Waals surface area contributed by atoms with E-state index in [1.165, 1.54) is 5.56 Å². The molecule has 1 unspecified atom stereocenters. The van der Waals surface area contributed by atoms with Crippen molar-refractivity contribution in [3.63, 3.8) is 0 Å². The number of benzene rings is 2. The number of fused-ring (bicyclic) bond motifs is 1. The van der Waals surface area contributed by atoms with Gasteiger partial charge in [0.25, 0.3) is 0 Å². The molecule has 27 heavy (non-hydrogen) atoms. The number of oxazole rings is 1. The number of amides is 2. The largest absolute Gasteiger partial charge is 0.441 e. The van der Waals surface area contributed by atoms with E-state index in [-0.39, 0.29) is 24.2 Å². The molecule has 0 bridgehead atoms. The summed E-state index contributed by atoms with van der Waals surface area (Å²) in [4.78, 5) is 30.9. The van der Waals surface area contributed by atoms with Crippen molar-refractivity contribution in [1.29, 1.82) is 0 Å². The van der Waals surface area contributed by atoms with Gasteiger partial charge in [-0.25, -0.2) is 4.98 Å². The maximum Gasteiger partial charge on any atom is 0.227 e. The fourth-order valence-electron chi connectivity index (χ4n) is 3.37. The van der Waals surface area contributed by atoms with Crippen LogP contribution in [-0.2, 0) is 16.1 Å². The zero-order chi connectivity index (χ0) is 19.0. The van der Waals surface area contributed by atoms with Gasteiger partial charge in [0, 0.05) is 32.1 Å². The van der Waals surface area contributed by atoms with E-state index in [4.69, 9.17) is 4.42 Å². The third-order valence-corrected chi connectivity index (χ3v) is 4.87. The molecule has 1 atom stereocenters. The van der Waals surface area contributed by atoms with Crippen LogP contribution in [0.4, 0.5) is 5.69 Å². The van der Waals surface area contributed by atoms with Crippen LogP contribution in [0.5, 0.6) is 0 Å². The average molecular weight is 363 g/mol. The quantitative estimate of drug-likeness (QED) is 0.773. The van der Waals surface area contributed by atoms with E-state index in [9.17, 15) is 9.59 Å². The molecule has 0 spiro atoms. The smallest absolute Gasteiger partial charge is 0.227 e. The monoisotopic (exact) mass is 363 g/mol. The van der Waals surface area contributed by atoms with Crippen molar-refractivity contribution >= 4 is 28.6 Å². The van der Waals surface area contributed by atoms with Gasteiger partial charge in [0.05, 0.1) is 5.92 Å². The molecule has 1 aliphatic heterocycles. The fourth-order valence-corrected chi connectivity index (χ4v) is 3.37. The molecule has 4 rings (SSSR count). The molecule has 2 aromatic carbocycles. The summed E-state index contributed by atoms with van der Waals surface area (Å²) < 4.78 is 5.47. The minimum atomic E-state index is -0.349. The van der Waals surface area contributed by atoms with Gasteiger partial charge in [0.2, 0.25) is 11.8 Å². The second-order valence-corrected chi connectivity index (χ2v) is 6.99. The maximum atomic E-state index is 12.5. The van der Waals surface area contributed by atoms with Crippen LogP contribution in [0.25, 0.3) is 11.1 Å². The number of hydrogen-bond acceptors (Lipinski definition) is 4. The Balaban J connectivity index is 1.42. The minimum Gasteiger partial charge on any atom is -0.441 e. The molecule has 138 valence electrons. The lowest BCUT2D eigenvalue weighted by Crippen LogP contribution is -2.32. The number of anilines is 1. The summed E-state index contributed by atoms with van der Waals surface area (Å²) in [6.07, 6.45) is 0.218. The number of nitrogens with zero attached hydrogens (tertiary/aromatic N) is 2. The average Bonchev–Trinajstić information content (AvgIpc) is 3.22. The fraction of sp³-hybridized carbons (Fsp3) is 0.286. The van der Waals surface area contributed by atoms with Crippen molar-refractivity contribution in [2.75, 3.05) is 11.4 Å². The first-order chi connectivity index (χ1) is 13.0. The highest BCUT2D eigenvalue weighted by molar-refractivity contribution is 6.01. The first kappa shape index (κ1) is 17.3. The van der Waals surface area contributed by atoms with Crippen molar-refractivity contribution in [2.45, 2.75) is 26.8 Å². The van der Waals surface area contributed by atoms with Crippen LogP contribution in [0.1, 0.15) is 23.4 Å². The normalized spacial score (nSPS) is 16.9. The molecule has 1 saturated heterocycles. The van der Waals surface area contributed by atoms with Gasteiger partial charge >= 0.3 is 0 Å². The van der Waals surface area contributed by atoms with Gasteiger partial charge in [-0.3, -0.25) is 9.59 Å². The lowest BCUT2D eigenvalue weighted by molar-refractivity contribution is -0.126. The minimum absolute atomic E-state index is 0.0509. The molecular weight excluding hydrogens is 342 g/mol. The Hall–Kier alpha value is -3.15. The molecule has 2 amide bonds. The van der Waals surface area contributed by atoms with Crippen LogP contribution in [0.3, 0.4) is 0 Å². The number of carbonyl (C=O) groups is 2. The Labute approximate surface area is 157 Å². The van der Waals surface area contributed by atoms with Crippen molar-refractivity contribution in [3.05, 3.63) is 59.5 Å². The molecule has 1 aromatic heterocycles. The van der Waals surface area contributed by atoms with E-state index in [1.54, 1.807) is 11.8 Å². The first-order valence-electron chi connectivity index (χ1n) is 9.00. The summed E-state index contributed by atoms with van der Waals surface area (Å²) >= 11 is 0. The van der Waals surface area contributed by atoms with E-state index in [0.717, 1.165) is 11.3 Å². The molecule has 2 heterocycles. The molecule has 0 saturated carbocycles. The Morgan fingerprint density at radius 2 is 2.00 bits per heavy atom. The lowest BCUT2D eigenvalue weighted by atomic mass is 10.1. The highest BCUT2D eigenvalue weighted by Gasteiger charge is 2.35. The van der Waals surface area contributed by atoms with Crippen LogP contribution in [-0.4, -0.2) is 23.3 Å². The van der Waals surface area contributed by atoms with E-state index in [1.807, 2.05) is 49.4 Å². The third-order valence-electron chi connectivity index (χ3n) is 4.87. The summed E-state index contributed by atoms with van der Waals surface area (Å²) in [6.45, 7) is 4.66. The predicted molar refractivity (Wildman–Crippen MR) is 102 cm³/mol. The molecule has 6 heteroatoms. The Kier molecular flexibility index (Phi) is 4.39. The summed E-state index contributed by atoms with van der Waals surface area (Å²) in [7, 11) is 0. The van der Waals surface area contributed by atoms with E-state index in [2.05, 4.69) is 10.3 Å². The van der Waals surface area contributed by atoms with Crippen LogP contribution in [0.15, 0.2) is 46.9 Å². The topological polar surface area (TPSA) is 75.4 Å². The van der Waals surface area contributed by atoms with Gasteiger partial charge in [-0.1, -0.05) is 29.8 Å². The Morgan fingerprint density at radius 3 is 2.78 bits per heavy atom. The standard InChI is InChI=1S/C21H21N3O3/c1-13-3-5-15(6-4-13)11-22-21(26)16-9-20(25)24(12-16)17-7-8-19-18(10-17)23-14(2)27-19/h3-8,10,16H,9,11-12H2,1-2H3,(H,22,26). The number of aryl methyl sites for hydroxylation is 2. The number of nitrogens with one attached hydrogen (secondary N) is 1. The summed E-state index contributed by atoms with van der Waals surface area (Å²) in [5.41, 5.74) is 4.37. The second-order valence-electron chi connectivity index (χ2n) is 6.99. The van der Waals surface area contributed by atoms with Crippen LogP contribution in [0.2, 0.25) is 0 Å². The van der Waals surface area contributed by atoms with Gasteiger partial charge in [-0.05, 0) is 30.7 Å². The number of rotatable bonds is 4. The van der Waals surface area contributed by atoms with Crippen LogP contribution < -0.4 is 10.2 Å². The molecule has 0 radical (unpaired) electrons. The van der Waals surface area contributed by atoms with Crippen molar-refractivity contribution in [1.82, 2.24) is 10.3 Å². The molecule has 3 aromatic rings. The molecule has 0 aliphatic carbocycles. The van der Waals surface area contributed by atoms with E-state index in [0.29, 0.717) is 30.1 Å². The molecule has 1 aliphatic rings. The SMILES string of the molecule is Cc1ccc(CNC(=O)C2CC(=O)N(c3ccc4oc(C)nc4c3)C2)cc1. The molecular formula is C21H21N3O3. The molecule has 6 nitrogen and oxygen atoms in total. The number of hydrogen-bond donors (Lipinski definition) is 1. The van der Waals surface area contributed by atoms with Gasteiger partial charge in [0.1, 0.15) is 5.52 Å². The van der Waals surface area contributed by atoms with Crippen molar-refractivity contribution < 1.29 is 14.0 Å². The summed E-state index contributed by atoms with van der Waals surface area (Å²) in [5.74, 6) is 0.0933. The van der Waals surface area contributed by atoms with Gasteiger partial charge in [0.15, 0.2) is 11.5 Å². The van der Waals surface area contributed by atoms with Crippen LogP contribution >= 0.6 is 0 Å². The molecule has 1 N–H and O–H groups in total. The third kappa shape index (κ3) is 3.56. The Morgan fingerprint density at radius 1 is 1.22 bits per heavy atom. The highest BCUT2D eigenvalue weighted by Crippen LogP contribution is 2.28. The predicted octanol–water partition coefficient (Wildman–Crippen LogP) is 3.11. The first-order valence-corrected chi connectivity index (χ1v) is 9.00. The summed E-state index contributed by atoms with van der Waals surface area (Å²) in [5, 5.41) is 2.94. The van der Waals surface area contributed by atoms with E-state index < -0.39 is 0 Å². The van der Waals surface area contributed by atoms with Crippen molar-refractivity contribution in [3.8, 4) is 0 Å². The van der Waals surface area contributed by atoms with E-state index >= 15 is 0 Å². The zero-order valence-corrected chi connectivity index (χ0v) is 15.4. The lowest BCUT2D eigenvalue weighted by Gasteiger charge is -2.16. The highest BCUT2D eigenvalue weighted by atomic mass is 16.3. The van der Waals surface area contributed by atoms with Crippen molar-refractivity contribution in [2.24, 2.45) is 5.92 Å². The second kappa shape index (κ2) is 6.87. The van der Waals surface area contributed by atoms with Gasteiger partial charge < -0.3 is 14.6 Å². The zero-order valence-electron chi connectivity index (χ0n) is 15.4. The van der Waals surface area contributed by atoms with Crippen LogP contribution in [0, 0.1) is 19.8 Å². The number of aromatic nitrogens is 1.